The van der Waals surface area contributed by atoms with Crippen molar-refractivity contribution in [2.75, 3.05) is 35.7 Å². The van der Waals surface area contributed by atoms with E-state index < -0.39 is 11.9 Å². The molecule has 13 heteroatoms. The van der Waals surface area contributed by atoms with E-state index in [0.29, 0.717) is 34.6 Å². The van der Waals surface area contributed by atoms with Crippen LogP contribution in [0, 0.1) is 0 Å². The van der Waals surface area contributed by atoms with Gasteiger partial charge >= 0.3 is 6.03 Å². The maximum atomic E-state index is 13.0. The van der Waals surface area contributed by atoms with Crippen molar-refractivity contribution in [2.24, 2.45) is 5.73 Å². The zero-order chi connectivity index (χ0) is 33.5. The number of benzene rings is 2. The minimum Gasteiger partial charge on any atom is -0.381 e. The van der Waals surface area contributed by atoms with Gasteiger partial charge in [0, 0.05) is 49.5 Å². The number of nitrogens with one attached hydrogen (secondary N) is 2. The summed E-state index contributed by atoms with van der Waals surface area (Å²) in [6.07, 6.45) is 12.3. The van der Waals surface area contributed by atoms with Gasteiger partial charge in [-0.3, -0.25) is 4.79 Å². The lowest BCUT2D eigenvalue weighted by atomic mass is 9.93. The maximum absolute atomic E-state index is 13.0. The van der Waals surface area contributed by atoms with Crippen LogP contribution in [0.5, 0.6) is 0 Å². The first-order valence-corrected chi connectivity index (χ1v) is 16.9. The Morgan fingerprint density at radius 2 is 1.59 bits per heavy atom. The molecule has 3 aromatic heterocycles. The summed E-state index contributed by atoms with van der Waals surface area (Å²) in [6.45, 7) is 1.59. The Bertz CT molecular complexity index is 1970. The van der Waals surface area contributed by atoms with Gasteiger partial charge in [-0.15, -0.1) is 0 Å². The lowest BCUT2D eigenvalue weighted by Gasteiger charge is -2.33. The lowest BCUT2D eigenvalue weighted by molar-refractivity contribution is 0.0303. The van der Waals surface area contributed by atoms with Gasteiger partial charge in [-0.25, -0.2) is 19.4 Å². The molecule has 4 N–H and O–H groups in total. The lowest BCUT2D eigenvalue weighted by Crippen LogP contribution is -2.43. The van der Waals surface area contributed by atoms with Crippen molar-refractivity contribution in [3.63, 3.8) is 0 Å². The van der Waals surface area contributed by atoms with Crippen molar-refractivity contribution in [3.8, 4) is 17.1 Å². The number of hydrogen-bond donors (Lipinski definition) is 3. The smallest absolute Gasteiger partial charge is 0.323 e. The minimum atomic E-state index is -0.550. The van der Waals surface area contributed by atoms with Crippen molar-refractivity contribution < 1.29 is 19.1 Å². The summed E-state index contributed by atoms with van der Waals surface area (Å²) in [5.41, 5.74) is 9.30. The number of morpholine rings is 1. The molecule has 3 aliphatic rings. The number of nitrogens with zero attached hydrogens (tertiary/aromatic N) is 6. The molecule has 2 saturated heterocycles. The summed E-state index contributed by atoms with van der Waals surface area (Å²) in [5, 5.41) is 11.6. The Balaban J connectivity index is 1.04. The van der Waals surface area contributed by atoms with Crippen LogP contribution < -0.4 is 21.3 Å². The van der Waals surface area contributed by atoms with Crippen LogP contribution in [0.25, 0.3) is 28.1 Å². The third-order valence-corrected chi connectivity index (χ3v) is 9.90. The van der Waals surface area contributed by atoms with Gasteiger partial charge in [0.05, 0.1) is 47.2 Å². The summed E-state index contributed by atoms with van der Waals surface area (Å²) >= 11 is 0. The summed E-state index contributed by atoms with van der Waals surface area (Å²) in [5.74, 6) is 0.947. The van der Waals surface area contributed by atoms with Gasteiger partial charge in [-0.05, 0) is 93.1 Å². The van der Waals surface area contributed by atoms with E-state index in [1.54, 1.807) is 29.9 Å². The number of amides is 3. The van der Waals surface area contributed by atoms with Crippen LogP contribution in [0.2, 0.25) is 0 Å². The molecular weight excluding hydrogens is 622 g/mol. The highest BCUT2D eigenvalue weighted by atomic mass is 16.5. The van der Waals surface area contributed by atoms with E-state index in [1.165, 1.54) is 0 Å². The van der Waals surface area contributed by atoms with E-state index in [0.717, 1.165) is 74.0 Å². The fourth-order valence-electron chi connectivity index (χ4n) is 7.38. The van der Waals surface area contributed by atoms with Gasteiger partial charge in [0.15, 0.2) is 11.5 Å². The molecule has 3 amide bonds. The Kier molecular flexibility index (Phi) is 8.22. The monoisotopic (exact) mass is 661 g/mol. The zero-order valence-corrected chi connectivity index (χ0v) is 27.3. The number of nitrogens with two attached hydrogens (primary N) is 1. The van der Waals surface area contributed by atoms with Crippen LogP contribution in [-0.4, -0.2) is 74.8 Å². The molecule has 252 valence electrons. The number of carbonyl (C=O) groups excluding carboxylic acids is 2. The highest BCUT2D eigenvalue weighted by molar-refractivity contribution is 6.02. The number of carbonyl (C=O) groups is 2. The number of fused-ring (bicyclic) bond motifs is 3. The van der Waals surface area contributed by atoms with E-state index >= 15 is 0 Å². The molecule has 1 saturated carbocycles. The van der Waals surface area contributed by atoms with Crippen molar-refractivity contribution in [3.05, 3.63) is 78.8 Å². The predicted molar refractivity (Wildman–Crippen MR) is 186 cm³/mol. The molecule has 3 fully saturated rings. The van der Waals surface area contributed by atoms with Gasteiger partial charge in [0.2, 0.25) is 0 Å². The van der Waals surface area contributed by atoms with Crippen LogP contribution in [0.3, 0.4) is 0 Å². The number of ether oxygens (including phenoxy) is 2. The number of rotatable bonds is 8. The molecule has 8 rings (SSSR count). The first kappa shape index (κ1) is 31.0. The number of urea groups is 1. The molecule has 2 aromatic carbocycles. The standard InChI is InChI=1S/C36H39N9O4/c1-48-26-11-9-25(10-12-26)45-35-30(19-38-45)34(44-20-27-13-14-28(21-44)49-27)41-33(42-35)22-4-6-23(7-5-22)39-36(47)40-24-8-15-29(32(37)46)31(18-24)43-16-2-3-17-43/h2-8,15-19,25-28H,9-14,20-21H2,1H3,(H2,37,46)(H2,39,40,47). The highest BCUT2D eigenvalue weighted by Crippen LogP contribution is 2.37. The fourth-order valence-corrected chi connectivity index (χ4v) is 7.38. The highest BCUT2D eigenvalue weighted by Gasteiger charge is 2.36. The van der Waals surface area contributed by atoms with Gasteiger partial charge < -0.3 is 35.3 Å². The van der Waals surface area contributed by atoms with Crippen molar-refractivity contribution in [1.29, 1.82) is 0 Å². The van der Waals surface area contributed by atoms with E-state index in [4.69, 9.17) is 30.3 Å². The Morgan fingerprint density at radius 3 is 2.29 bits per heavy atom. The van der Waals surface area contributed by atoms with E-state index in [-0.39, 0.29) is 18.2 Å². The molecule has 49 heavy (non-hydrogen) atoms. The maximum Gasteiger partial charge on any atom is 0.323 e. The molecule has 5 heterocycles. The number of methoxy groups -OCH3 is 1. The van der Waals surface area contributed by atoms with Gasteiger partial charge in [-0.2, -0.15) is 5.10 Å². The molecule has 0 spiro atoms. The Labute approximate surface area is 283 Å². The summed E-state index contributed by atoms with van der Waals surface area (Å²) in [7, 11) is 1.79. The normalized spacial score (nSPS) is 21.9. The molecule has 0 radical (unpaired) electrons. The predicted octanol–water partition coefficient (Wildman–Crippen LogP) is 5.52. The van der Waals surface area contributed by atoms with Crippen molar-refractivity contribution in [2.45, 2.75) is 62.9 Å². The SMILES string of the molecule is COC1CCC(n2ncc3c(N4CC5CCC(C4)O5)nc(-c4ccc(NC(=O)Nc5ccc(C(N)=O)c(-n6cccc6)c5)cc4)nc32)CC1. The van der Waals surface area contributed by atoms with Crippen LogP contribution in [-0.2, 0) is 9.47 Å². The van der Waals surface area contributed by atoms with Crippen molar-refractivity contribution in [1.82, 2.24) is 24.3 Å². The third kappa shape index (κ3) is 6.22. The molecule has 2 unspecified atom stereocenters. The average Bonchev–Trinajstić information content (AvgIpc) is 3.88. The number of primary amides is 1. The first-order valence-electron chi connectivity index (χ1n) is 16.9. The number of hydrogen-bond acceptors (Lipinski definition) is 8. The zero-order valence-electron chi connectivity index (χ0n) is 27.3. The minimum absolute atomic E-state index is 0.213. The van der Waals surface area contributed by atoms with Crippen LogP contribution in [0.15, 0.2) is 73.2 Å². The molecular formula is C36H39N9O4. The third-order valence-electron chi connectivity index (χ3n) is 9.90. The number of anilines is 3. The largest absolute Gasteiger partial charge is 0.381 e. The van der Waals surface area contributed by atoms with Crippen LogP contribution in [0.4, 0.5) is 22.0 Å². The summed E-state index contributed by atoms with van der Waals surface area (Å²) < 4.78 is 15.6. The van der Waals surface area contributed by atoms with E-state index in [1.807, 2.05) is 55.0 Å². The molecule has 2 bridgehead atoms. The Morgan fingerprint density at radius 1 is 0.898 bits per heavy atom. The van der Waals surface area contributed by atoms with E-state index in [2.05, 4.69) is 20.2 Å². The second-order valence-electron chi connectivity index (χ2n) is 13.1. The fraction of sp³-hybridized carbons (Fsp3) is 0.361. The molecule has 2 aliphatic heterocycles. The van der Waals surface area contributed by atoms with Crippen molar-refractivity contribution >= 4 is 40.2 Å². The van der Waals surface area contributed by atoms with E-state index in [9.17, 15) is 9.59 Å². The molecule has 1 aliphatic carbocycles. The average molecular weight is 662 g/mol. The number of aromatic nitrogens is 5. The Hall–Kier alpha value is -5.27. The topological polar surface area (TPSA) is 154 Å². The first-order chi connectivity index (χ1) is 23.9. The summed E-state index contributed by atoms with van der Waals surface area (Å²) in [6, 6.07) is 16.0. The quantitative estimate of drug-likeness (QED) is 0.196. The van der Waals surface area contributed by atoms with Gasteiger partial charge in [-0.1, -0.05) is 0 Å². The second kappa shape index (κ2) is 13.0. The molecule has 13 nitrogen and oxygen atoms in total. The van der Waals surface area contributed by atoms with Crippen LogP contribution >= 0.6 is 0 Å². The molecule has 5 aromatic rings. The van der Waals surface area contributed by atoms with Crippen LogP contribution in [0.1, 0.15) is 54.9 Å². The van der Waals surface area contributed by atoms with Gasteiger partial charge in [0.1, 0.15) is 5.82 Å². The van der Waals surface area contributed by atoms with Gasteiger partial charge in [0.25, 0.3) is 5.91 Å². The molecule has 2 atom stereocenters. The summed E-state index contributed by atoms with van der Waals surface area (Å²) in [4.78, 5) is 37.5. The second-order valence-corrected chi connectivity index (χ2v) is 13.1.